The first kappa shape index (κ1) is 15.0. The molecule has 4 nitrogen and oxygen atoms in total. The lowest BCUT2D eigenvalue weighted by atomic mass is 10.1. The Labute approximate surface area is 92.4 Å². The van der Waals surface area contributed by atoms with Crippen LogP contribution in [0.25, 0.3) is 0 Å². The summed E-state index contributed by atoms with van der Waals surface area (Å²) in [7, 11) is 0. The Morgan fingerprint density at radius 2 is 1.88 bits per heavy atom. The number of hydrogen-bond acceptors (Lipinski definition) is 2. The third-order valence-corrected chi connectivity index (χ3v) is 1.69. The molecule has 0 rings (SSSR count). The molecule has 0 spiro atoms. The first-order chi connectivity index (χ1) is 7.05. The van der Waals surface area contributed by atoms with Gasteiger partial charge < -0.3 is 15.3 Å². The summed E-state index contributed by atoms with van der Waals surface area (Å²) >= 11 is 0. The molecule has 0 saturated carbocycles. The second-order valence-corrected chi connectivity index (χ2v) is 4.10. The number of likely N-dealkylation sites (N-methyl/N-ethyl adjacent to an activating group) is 1. The highest BCUT2D eigenvalue weighted by molar-refractivity contribution is 5.74. The van der Waals surface area contributed by atoms with Crippen LogP contribution in [0.4, 0.5) is 18.0 Å². The Morgan fingerprint density at radius 3 is 2.19 bits per heavy atom. The minimum absolute atomic E-state index is 0.0206. The molecule has 0 atom stereocenters. The molecule has 7 heteroatoms. The van der Waals surface area contributed by atoms with E-state index in [9.17, 15) is 23.1 Å². The molecule has 0 heterocycles. The monoisotopic (exact) mass is 242 g/mol. The van der Waals surface area contributed by atoms with Gasteiger partial charge in [0.2, 0.25) is 0 Å². The zero-order valence-corrected chi connectivity index (χ0v) is 9.56. The van der Waals surface area contributed by atoms with E-state index in [1.807, 2.05) is 0 Å². The molecule has 0 aliphatic heterocycles. The highest BCUT2D eigenvalue weighted by atomic mass is 19.4. The first-order valence-corrected chi connectivity index (χ1v) is 4.87. The van der Waals surface area contributed by atoms with E-state index in [1.54, 1.807) is 12.2 Å². The molecule has 0 bridgehead atoms. The van der Waals surface area contributed by atoms with E-state index in [0.717, 1.165) is 4.90 Å². The topological polar surface area (TPSA) is 52.6 Å². The molecule has 2 amide bonds. The van der Waals surface area contributed by atoms with E-state index < -0.39 is 24.4 Å². The van der Waals surface area contributed by atoms with Crippen molar-refractivity contribution in [2.24, 2.45) is 0 Å². The van der Waals surface area contributed by atoms with Crippen LogP contribution in [-0.2, 0) is 0 Å². The van der Waals surface area contributed by atoms with Gasteiger partial charge in [-0.3, -0.25) is 0 Å². The lowest BCUT2D eigenvalue weighted by molar-refractivity contribution is -0.123. The molecule has 16 heavy (non-hydrogen) atoms. The van der Waals surface area contributed by atoms with E-state index in [1.165, 1.54) is 13.8 Å². The SMILES string of the molecule is CCN(CC(C)(C)O)C(=O)NCC(F)(F)F. The van der Waals surface area contributed by atoms with Crippen molar-refractivity contribution in [1.29, 1.82) is 0 Å². The van der Waals surface area contributed by atoms with Crippen molar-refractivity contribution in [2.75, 3.05) is 19.6 Å². The van der Waals surface area contributed by atoms with Crippen LogP contribution in [0.5, 0.6) is 0 Å². The Kier molecular flexibility index (Phi) is 5.05. The average Bonchev–Trinajstić information content (AvgIpc) is 2.07. The van der Waals surface area contributed by atoms with Crippen LogP contribution in [0, 0.1) is 0 Å². The zero-order chi connectivity index (χ0) is 13.0. The van der Waals surface area contributed by atoms with Crippen LogP contribution in [0.1, 0.15) is 20.8 Å². The summed E-state index contributed by atoms with van der Waals surface area (Å²) in [6.07, 6.45) is -4.43. The van der Waals surface area contributed by atoms with Gasteiger partial charge in [-0.05, 0) is 20.8 Å². The van der Waals surface area contributed by atoms with Crippen molar-refractivity contribution >= 4 is 6.03 Å². The third-order valence-electron chi connectivity index (χ3n) is 1.69. The van der Waals surface area contributed by atoms with Crippen LogP contribution >= 0.6 is 0 Å². The van der Waals surface area contributed by atoms with Gasteiger partial charge in [0.05, 0.1) is 12.1 Å². The molecule has 96 valence electrons. The summed E-state index contributed by atoms with van der Waals surface area (Å²) in [6, 6.07) is -0.832. The number of halogens is 3. The van der Waals surface area contributed by atoms with Crippen LogP contribution in [0.2, 0.25) is 0 Å². The molecular formula is C9H17F3N2O2. The smallest absolute Gasteiger partial charge is 0.389 e. The van der Waals surface area contributed by atoms with Gasteiger partial charge in [-0.15, -0.1) is 0 Å². The number of hydrogen-bond donors (Lipinski definition) is 2. The molecular weight excluding hydrogens is 225 g/mol. The van der Waals surface area contributed by atoms with Gasteiger partial charge in [0, 0.05) is 6.54 Å². The van der Waals surface area contributed by atoms with E-state index in [4.69, 9.17) is 0 Å². The zero-order valence-electron chi connectivity index (χ0n) is 9.56. The number of aliphatic hydroxyl groups is 1. The number of carbonyl (C=O) groups is 1. The fourth-order valence-corrected chi connectivity index (χ4v) is 1.08. The van der Waals surface area contributed by atoms with Gasteiger partial charge in [-0.1, -0.05) is 0 Å². The highest BCUT2D eigenvalue weighted by Gasteiger charge is 2.29. The predicted octanol–water partition coefficient (Wildman–Crippen LogP) is 1.35. The van der Waals surface area contributed by atoms with Gasteiger partial charge in [0.15, 0.2) is 0 Å². The molecule has 0 aliphatic rings. The number of amides is 2. The largest absolute Gasteiger partial charge is 0.405 e. The number of rotatable bonds is 4. The Bertz CT molecular complexity index is 236. The van der Waals surface area contributed by atoms with Gasteiger partial charge in [0.25, 0.3) is 0 Å². The van der Waals surface area contributed by atoms with Crippen molar-refractivity contribution in [3.05, 3.63) is 0 Å². The van der Waals surface area contributed by atoms with Crippen LogP contribution < -0.4 is 5.32 Å². The van der Waals surface area contributed by atoms with Gasteiger partial charge in [0.1, 0.15) is 6.54 Å². The van der Waals surface area contributed by atoms with Gasteiger partial charge in [-0.25, -0.2) is 4.79 Å². The fraction of sp³-hybridized carbons (Fsp3) is 0.889. The molecule has 0 unspecified atom stereocenters. The normalized spacial score (nSPS) is 12.4. The summed E-state index contributed by atoms with van der Waals surface area (Å²) in [4.78, 5) is 12.4. The minimum atomic E-state index is -4.43. The third kappa shape index (κ3) is 7.33. The van der Waals surface area contributed by atoms with Crippen LogP contribution in [-0.4, -0.2) is 47.4 Å². The molecule has 2 N–H and O–H groups in total. The van der Waals surface area contributed by atoms with Crippen LogP contribution in [0.15, 0.2) is 0 Å². The van der Waals surface area contributed by atoms with E-state index in [2.05, 4.69) is 0 Å². The molecule has 0 saturated heterocycles. The standard InChI is InChI=1S/C9H17F3N2O2/c1-4-14(6-8(2,3)16)7(15)13-5-9(10,11)12/h16H,4-6H2,1-3H3,(H,13,15). The Balaban J connectivity index is 4.22. The van der Waals surface area contributed by atoms with E-state index >= 15 is 0 Å². The lowest BCUT2D eigenvalue weighted by Gasteiger charge is -2.28. The summed E-state index contributed by atoms with van der Waals surface area (Å²) in [5, 5.41) is 11.2. The van der Waals surface area contributed by atoms with E-state index in [0.29, 0.717) is 0 Å². The predicted molar refractivity (Wildman–Crippen MR) is 53.0 cm³/mol. The maximum atomic E-state index is 11.8. The maximum absolute atomic E-state index is 11.8. The highest BCUT2D eigenvalue weighted by Crippen LogP contribution is 2.12. The molecule has 0 aromatic heterocycles. The van der Waals surface area contributed by atoms with Crippen molar-refractivity contribution in [1.82, 2.24) is 10.2 Å². The number of urea groups is 1. The quantitative estimate of drug-likeness (QED) is 0.782. The van der Waals surface area contributed by atoms with E-state index in [-0.39, 0.29) is 13.1 Å². The Morgan fingerprint density at radius 1 is 1.38 bits per heavy atom. The second-order valence-electron chi connectivity index (χ2n) is 4.10. The lowest BCUT2D eigenvalue weighted by Crippen LogP contribution is -2.48. The summed E-state index contributed by atoms with van der Waals surface area (Å²) in [5.41, 5.74) is -1.13. The summed E-state index contributed by atoms with van der Waals surface area (Å²) < 4.78 is 35.5. The van der Waals surface area contributed by atoms with Gasteiger partial charge >= 0.3 is 12.2 Å². The van der Waals surface area contributed by atoms with Crippen molar-refractivity contribution < 1.29 is 23.1 Å². The van der Waals surface area contributed by atoms with Crippen molar-refractivity contribution in [3.63, 3.8) is 0 Å². The number of alkyl halides is 3. The number of nitrogens with one attached hydrogen (secondary N) is 1. The first-order valence-electron chi connectivity index (χ1n) is 4.87. The number of carbonyl (C=O) groups excluding carboxylic acids is 1. The van der Waals surface area contributed by atoms with Crippen molar-refractivity contribution in [3.8, 4) is 0 Å². The van der Waals surface area contributed by atoms with Crippen molar-refractivity contribution in [2.45, 2.75) is 32.5 Å². The second kappa shape index (κ2) is 5.38. The fourth-order valence-electron chi connectivity index (χ4n) is 1.08. The molecule has 0 fully saturated rings. The minimum Gasteiger partial charge on any atom is -0.389 e. The molecule has 0 radical (unpaired) electrons. The number of nitrogens with zero attached hydrogens (tertiary/aromatic N) is 1. The molecule has 0 aromatic rings. The Hall–Kier alpha value is -0.980. The maximum Gasteiger partial charge on any atom is 0.405 e. The van der Waals surface area contributed by atoms with Gasteiger partial charge in [-0.2, -0.15) is 13.2 Å². The molecule has 0 aromatic carbocycles. The van der Waals surface area contributed by atoms with Crippen LogP contribution in [0.3, 0.4) is 0 Å². The molecule has 0 aliphatic carbocycles. The average molecular weight is 242 g/mol. The summed E-state index contributed by atoms with van der Waals surface area (Å²) in [6.45, 7) is 3.42. The summed E-state index contributed by atoms with van der Waals surface area (Å²) in [5.74, 6) is 0.